The second-order valence-electron chi connectivity index (χ2n) is 2.63. The highest BCUT2D eigenvalue weighted by atomic mass is 16.5. The Bertz CT molecular complexity index is 251. The molecule has 6 nitrogen and oxygen atoms in total. The smallest absolute Gasteiger partial charge is 0.375 e. The highest BCUT2D eigenvalue weighted by Crippen LogP contribution is 2.02. The summed E-state index contributed by atoms with van der Waals surface area (Å²) < 4.78 is 9.06. The second kappa shape index (κ2) is 6.94. The van der Waals surface area contributed by atoms with Crippen LogP contribution in [0.4, 0.5) is 0 Å². The van der Waals surface area contributed by atoms with Crippen molar-refractivity contribution in [2.75, 3.05) is 19.8 Å². The van der Waals surface area contributed by atoms with Gasteiger partial charge < -0.3 is 15.2 Å². The molecule has 15 heavy (non-hydrogen) atoms. The summed E-state index contributed by atoms with van der Waals surface area (Å²) in [6.07, 6.45) is 0. The molecule has 0 saturated heterocycles. The lowest BCUT2D eigenvalue weighted by molar-refractivity contribution is -0.161. The van der Waals surface area contributed by atoms with Gasteiger partial charge in [0.25, 0.3) is 5.78 Å². The number of nitrogens with two attached hydrogens (primary N) is 1. The lowest BCUT2D eigenvalue weighted by Crippen LogP contribution is -2.37. The van der Waals surface area contributed by atoms with Crippen LogP contribution in [0.2, 0.25) is 0 Å². The van der Waals surface area contributed by atoms with Crippen molar-refractivity contribution in [2.24, 2.45) is 11.7 Å². The Balaban J connectivity index is 4.46. The summed E-state index contributed by atoms with van der Waals surface area (Å²) in [6, 6.07) is 0. The van der Waals surface area contributed by atoms with Gasteiger partial charge in [-0.2, -0.15) is 0 Å². The zero-order valence-electron chi connectivity index (χ0n) is 8.82. The Morgan fingerprint density at radius 1 is 1.13 bits per heavy atom. The summed E-state index contributed by atoms with van der Waals surface area (Å²) in [7, 11) is 0. The van der Waals surface area contributed by atoms with Crippen molar-refractivity contribution in [3.8, 4) is 0 Å². The zero-order valence-corrected chi connectivity index (χ0v) is 8.82. The summed E-state index contributed by atoms with van der Waals surface area (Å²) in [6.45, 7) is 3.10. The van der Waals surface area contributed by atoms with E-state index in [1.165, 1.54) is 0 Å². The van der Waals surface area contributed by atoms with Gasteiger partial charge in [-0.05, 0) is 13.8 Å². The van der Waals surface area contributed by atoms with Gasteiger partial charge in [0.2, 0.25) is 0 Å². The van der Waals surface area contributed by atoms with E-state index in [-0.39, 0.29) is 19.8 Å². The van der Waals surface area contributed by atoms with E-state index < -0.39 is 23.6 Å². The Labute approximate surface area is 87.7 Å². The molecule has 0 aromatic rings. The predicted octanol–water partition coefficient (Wildman–Crippen LogP) is -0.743. The summed E-state index contributed by atoms with van der Waals surface area (Å²) in [5.41, 5.74) is 5.21. The molecular weight excluding hydrogens is 202 g/mol. The van der Waals surface area contributed by atoms with Crippen molar-refractivity contribution in [3.05, 3.63) is 0 Å². The van der Waals surface area contributed by atoms with E-state index in [0.717, 1.165) is 0 Å². The van der Waals surface area contributed by atoms with Gasteiger partial charge in [-0.3, -0.25) is 9.59 Å². The normalized spacial score (nSPS) is 11.7. The van der Waals surface area contributed by atoms with Crippen molar-refractivity contribution in [1.82, 2.24) is 0 Å². The molecule has 0 aromatic heterocycles. The van der Waals surface area contributed by atoms with Crippen LogP contribution >= 0.6 is 0 Å². The number of Topliss-reactive ketones (excluding diaryl/α,β-unsaturated/α-hetero) is 1. The van der Waals surface area contributed by atoms with Crippen LogP contribution in [0.1, 0.15) is 13.8 Å². The molecule has 0 bridgehead atoms. The minimum absolute atomic E-state index is 0.0741. The van der Waals surface area contributed by atoms with Crippen molar-refractivity contribution < 1.29 is 23.9 Å². The summed E-state index contributed by atoms with van der Waals surface area (Å²) in [5, 5.41) is 0. The number of ketones is 1. The molecule has 0 fully saturated rings. The van der Waals surface area contributed by atoms with Gasteiger partial charge in [0, 0.05) is 6.54 Å². The first-order valence-electron chi connectivity index (χ1n) is 4.66. The van der Waals surface area contributed by atoms with E-state index >= 15 is 0 Å². The van der Waals surface area contributed by atoms with Gasteiger partial charge >= 0.3 is 11.9 Å². The fourth-order valence-corrected chi connectivity index (χ4v) is 0.898. The highest BCUT2D eigenvalue weighted by Gasteiger charge is 2.32. The number of hydrogen-bond acceptors (Lipinski definition) is 6. The van der Waals surface area contributed by atoms with Gasteiger partial charge in [0.15, 0.2) is 0 Å². The van der Waals surface area contributed by atoms with Crippen LogP contribution in [0, 0.1) is 5.92 Å². The molecule has 0 heterocycles. The largest absolute Gasteiger partial charge is 0.465 e. The molecule has 0 amide bonds. The highest BCUT2D eigenvalue weighted by molar-refractivity contribution is 6.38. The minimum atomic E-state index is -1.26. The van der Waals surface area contributed by atoms with Gasteiger partial charge in [-0.15, -0.1) is 0 Å². The first-order valence-corrected chi connectivity index (χ1v) is 4.66. The summed E-state index contributed by atoms with van der Waals surface area (Å²) >= 11 is 0. The minimum Gasteiger partial charge on any atom is -0.465 e. The zero-order chi connectivity index (χ0) is 11.8. The topological polar surface area (TPSA) is 95.7 Å². The standard InChI is InChI=1S/C9H15NO5/c1-3-14-8(12)6(5-10)7(11)9(13)15-4-2/h6H,3-5,10H2,1-2H3. The fourth-order valence-electron chi connectivity index (χ4n) is 0.898. The van der Waals surface area contributed by atoms with E-state index in [2.05, 4.69) is 9.47 Å². The van der Waals surface area contributed by atoms with Crippen molar-refractivity contribution in [3.63, 3.8) is 0 Å². The van der Waals surface area contributed by atoms with Crippen molar-refractivity contribution >= 4 is 17.7 Å². The van der Waals surface area contributed by atoms with Crippen LogP contribution in [0.3, 0.4) is 0 Å². The third-order valence-corrected chi connectivity index (χ3v) is 1.60. The summed E-state index contributed by atoms with van der Waals surface area (Å²) in [5.74, 6) is -4.07. The second-order valence-corrected chi connectivity index (χ2v) is 2.63. The predicted molar refractivity (Wildman–Crippen MR) is 50.8 cm³/mol. The Morgan fingerprint density at radius 2 is 1.67 bits per heavy atom. The van der Waals surface area contributed by atoms with Crippen LogP contribution in [0.15, 0.2) is 0 Å². The number of ether oxygens (including phenoxy) is 2. The van der Waals surface area contributed by atoms with Crippen LogP contribution < -0.4 is 5.73 Å². The third kappa shape index (κ3) is 4.07. The van der Waals surface area contributed by atoms with Crippen LogP contribution in [0.5, 0.6) is 0 Å². The van der Waals surface area contributed by atoms with Crippen LogP contribution in [-0.2, 0) is 23.9 Å². The Kier molecular flexibility index (Phi) is 6.28. The average molecular weight is 217 g/mol. The SMILES string of the molecule is CCOC(=O)C(=O)C(CN)C(=O)OCC. The third-order valence-electron chi connectivity index (χ3n) is 1.60. The van der Waals surface area contributed by atoms with E-state index in [4.69, 9.17) is 5.73 Å². The Morgan fingerprint density at radius 3 is 2.07 bits per heavy atom. The van der Waals surface area contributed by atoms with E-state index in [1.54, 1.807) is 13.8 Å². The first kappa shape index (κ1) is 13.6. The monoisotopic (exact) mass is 217 g/mol. The van der Waals surface area contributed by atoms with Gasteiger partial charge in [-0.1, -0.05) is 0 Å². The number of esters is 2. The van der Waals surface area contributed by atoms with E-state index in [9.17, 15) is 14.4 Å². The molecule has 1 unspecified atom stereocenters. The van der Waals surface area contributed by atoms with E-state index in [1.807, 2.05) is 0 Å². The quantitative estimate of drug-likeness (QED) is 0.357. The molecule has 0 aliphatic heterocycles. The maximum atomic E-state index is 11.3. The molecule has 0 rings (SSSR count). The molecule has 0 spiro atoms. The molecule has 1 atom stereocenters. The molecule has 0 saturated carbocycles. The summed E-state index contributed by atoms with van der Waals surface area (Å²) in [4.78, 5) is 33.5. The van der Waals surface area contributed by atoms with Crippen molar-refractivity contribution in [1.29, 1.82) is 0 Å². The Hall–Kier alpha value is -1.43. The molecule has 0 aliphatic rings. The lowest BCUT2D eigenvalue weighted by atomic mass is 10.1. The molecule has 0 radical (unpaired) electrons. The molecular formula is C9H15NO5. The fraction of sp³-hybridized carbons (Fsp3) is 0.667. The lowest BCUT2D eigenvalue weighted by Gasteiger charge is -2.10. The molecule has 0 aliphatic carbocycles. The molecule has 2 N–H and O–H groups in total. The number of carbonyl (C=O) groups excluding carboxylic acids is 3. The maximum Gasteiger partial charge on any atom is 0.375 e. The first-order chi connectivity index (χ1) is 7.08. The molecule has 6 heteroatoms. The number of rotatable bonds is 6. The molecule has 0 aromatic carbocycles. The van der Waals surface area contributed by atoms with Gasteiger partial charge in [0.1, 0.15) is 5.92 Å². The average Bonchev–Trinajstić information content (AvgIpc) is 2.19. The van der Waals surface area contributed by atoms with Crippen LogP contribution in [-0.4, -0.2) is 37.5 Å². The molecule has 86 valence electrons. The number of carbonyl (C=O) groups is 3. The maximum absolute atomic E-state index is 11.3. The van der Waals surface area contributed by atoms with Gasteiger partial charge in [-0.25, -0.2) is 4.79 Å². The van der Waals surface area contributed by atoms with Gasteiger partial charge in [0.05, 0.1) is 13.2 Å². The number of hydrogen-bond donors (Lipinski definition) is 1. The van der Waals surface area contributed by atoms with E-state index in [0.29, 0.717) is 0 Å². The van der Waals surface area contributed by atoms with Crippen LogP contribution in [0.25, 0.3) is 0 Å². The van der Waals surface area contributed by atoms with Crippen molar-refractivity contribution in [2.45, 2.75) is 13.8 Å².